The molecule has 4 aromatic rings. The Kier molecular flexibility index (Phi) is 7.53. The van der Waals surface area contributed by atoms with Crippen molar-refractivity contribution in [2.45, 2.75) is 13.5 Å². The van der Waals surface area contributed by atoms with Gasteiger partial charge in [-0.15, -0.1) is 0 Å². The molecule has 2 fully saturated rings. The maximum atomic E-state index is 14.5. The maximum absolute atomic E-state index is 14.5. The number of ether oxygens (including phenoxy) is 1. The third-order valence-electron chi connectivity index (χ3n) is 7.68. The van der Waals surface area contributed by atoms with Crippen molar-refractivity contribution in [2.75, 3.05) is 57.4 Å². The van der Waals surface area contributed by atoms with Crippen molar-refractivity contribution < 1.29 is 9.53 Å². The molecule has 0 bridgehead atoms. The lowest BCUT2D eigenvalue weighted by atomic mass is 10.1. The molecule has 40 heavy (non-hydrogen) atoms. The van der Waals surface area contributed by atoms with Crippen molar-refractivity contribution in [3.63, 3.8) is 0 Å². The number of rotatable bonds is 6. The van der Waals surface area contributed by atoms with Crippen molar-refractivity contribution in [2.24, 2.45) is 0 Å². The van der Waals surface area contributed by atoms with Gasteiger partial charge in [-0.25, -0.2) is 4.79 Å². The number of morpholine rings is 1. The van der Waals surface area contributed by atoms with Gasteiger partial charge in [0, 0.05) is 50.5 Å². The van der Waals surface area contributed by atoms with Crippen LogP contribution in [0.1, 0.15) is 21.6 Å². The van der Waals surface area contributed by atoms with Crippen LogP contribution in [-0.2, 0) is 11.3 Å². The number of hydrogen-bond donors (Lipinski definition) is 1. The van der Waals surface area contributed by atoms with Gasteiger partial charge in [-0.2, -0.15) is 0 Å². The SMILES string of the molecule is Cc1cccc(Cn2c(C(=O)N3CCNCC3)c(-c3ccccc3)n(-c3cccc(N4CCOCC4)c3)c2=O)c1. The first kappa shape index (κ1) is 26.1. The van der Waals surface area contributed by atoms with Crippen LogP contribution in [0, 0.1) is 6.92 Å². The summed E-state index contributed by atoms with van der Waals surface area (Å²) < 4.78 is 8.95. The van der Waals surface area contributed by atoms with Crippen LogP contribution in [0.2, 0.25) is 0 Å². The minimum Gasteiger partial charge on any atom is -0.378 e. The molecule has 3 heterocycles. The molecule has 2 aliphatic rings. The van der Waals surface area contributed by atoms with E-state index in [1.54, 1.807) is 9.13 Å². The minimum absolute atomic E-state index is 0.117. The monoisotopic (exact) mass is 537 g/mol. The Morgan fingerprint density at radius 2 is 1.57 bits per heavy atom. The van der Waals surface area contributed by atoms with Crippen molar-refractivity contribution in [3.05, 3.63) is 106 Å². The largest absolute Gasteiger partial charge is 0.378 e. The average molecular weight is 538 g/mol. The molecule has 0 radical (unpaired) electrons. The third-order valence-corrected chi connectivity index (χ3v) is 7.68. The lowest BCUT2D eigenvalue weighted by molar-refractivity contribution is 0.0725. The van der Waals surface area contributed by atoms with Gasteiger partial charge in [-0.3, -0.25) is 13.9 Å². The molecule has 0 unspecified atom stereocenters. The van der Waals surface area contributed by atoms with Crippen LogP contribution < -0.4 is 15.9 Å². The highest BCUT2D eigenvalue weighted by Crippen LogP contribution is 2.30. The summed E-state index contributed by atoms with van der Waals surface area (Å²) in [6.45, 7) is 7.96. The summed E-state index contributed by atoms with van der Waals surface area (Å²) in [6.07, 6.45) is 0. The molecule has 0 saturated carbocycles. The van der Waals surface area contributed by atoms with Gasteiger partial charge in [0.1, 0.15) is 5.69 Å². The number of anilines is 1. The summed E-state index contributed by atoms with van der Waals surface area (Å²) in [5.74, 6) is -0.117. The molecule has 3 aromatic carbocycles. The molecule has 206 valence electrons. The van der Waals surface area contributed by atoms with Gasteiger partial charge in [-0.05, 0) is 30.7 Å². The number of imidazole rings is 1. The number of nitrogens with one attached hydrogen (secondary N) is 1. The predicted molar refractivity (Wildman–Crippen MR) is 158 cm³/mol. The van der Waals surface area contributed by atoms with E-state index in [0.29, 0.717) is 44.2 Å². The quantitative estimate of drug-likeness (QED) is 0.408. The Labute approximate surface area is 234 Å². The Hall–Kier alpha value is -4.14. The molecule has 1 amide bonds. The number of benzene rings is 3. The van der Waals surface area contributed by atoms with Crippen molar-refractivity contribution in [1.29, 1.82) is 0 Å². The van der Waals surface area contributed by atoms with Gasteiger partial charge in [0.2, 0.25) is 0 Å². The normalized spacial score (nSPS) is 15.8. The molecular weight excluding hydrogens is 502 g/mol. The fourth-order valence-corrected chi connectivity index (χ4v) is 5.67. The highest BCUT2D eigenvalue weighted by atomic mass is 16.5. The Morgan fingerprint density at radius 1 is 0.850 bits per heavy atom. The fraction of sp³-hybridized carbons (Fsp3) is 0.312. The Balaban J connectivity index is 1.57. The van der Waals surface area contributed by atoms with Crippen molar-refractivity contribution in [1.82, 2.24) is 19.4 Å². The first-order valence-corrected chi connectivity index (χ1v) is 14.0. The van der Waals surface area contributed by atoms with Gasteiger partial charge < -0.3 is 19.9 Å². The highest BCUT2D eigenvalue weighted by molar-refractivity contribution is 5.99. The number of aryl methyl sites for hydroxylation is 1. The molecule has 2 aliphatic heterocycles. The van der Waals surface area contributed by atoms with E-state index in [-0.39, 0.29) is 11.6 Å². The van der Waals surface area contributed by atoms with Crippen LogP contribution in [0.4, 0.5) is 5.69 Å². The molecule has 8 heteroatoms. The second-order valence-electron chi connectivity index (χ2n) is 10.4. The second kappa shape index (κ2) is 11.5. The molecule has 0 atom stereocenters. The number of amides is 1. The lowest BCUT2D eigenvalue weighted by Crippen LogP contribution is -2.47. The van der Waals surface area contributed by atoms with E-state index in [1.165, 1.54) is 0 Å². The van der Waals surface area contributed by atoms with E-state index in [0.717, 1.165) is 54.2 Å². The summed E-state index contributed by atoms with van der Waals surface area (Å²) in [4.78, 5) is 32.9. The zero-order chi connectivity index (χ0) is 27.5. The summed E-state index contributed by atoms with van der Waals surface area (Å²) >= 11 is 0. The van der Waals surface area contributed by atoms with Gasteiger partial charge in [0.25, 0.3) is 5.91 Å². The standard InChI is InChI=1S/C32H35N5O3/c1-24-7-5-8-25(21-24)23-36-30(31(38)35-15-13-33-14-16-35)29(26-9-3-2-4-10-26)37(32(36)39)28-12-6-11-27(22-28)34-17-19-40-20-18-34/h2-12,21-22,33H,13-20,23H2,1H3. The number of carbonyl (C=O) groups is 1. The van der Waals surface area contributed by atoms with Crippen LogP contribution in [0.15, 0.2) is 83.7 Å². The topological polar surface area (TPSA) is 71.7 Å². The van der Waals surface area contributed by atoms with E-state index in [2.05, 4.69) is 28.4 Å². The van der Waals surface area contributed by atoms with Crippen molar-refractivity contribution >= 4 is 11.6 Å². The molecular formula is C32H35N5O3. The van der Waals surface area contributed by atoms with Crippen LogP contribution in [0.5, 0.6) is 0 Å². The van der Waals surface area contributed by atoms with Gasteiger partial charge in [-0.1, -0.05) is 66.2 Å². The van der Waals surface area contributed by atoms with Gasteiger partial charge in [0.15, 0.2) is 0 Å². The number of carbonyl (C=O) groups excluding carboxylic acids is 1. The van der Waals surface area contributed by atoms with Crippen molar-refractivity contribution in [3.8, 4) is 16.9 Å². The molecule has 2 saturated heterocycles. The van der Waals surface area contributed by atoms with E-state index in [4.69, 9.17) is 4.74 Å². The summed E-state index contributed by atoms with van der Waals surface area (Å²) in [5, 5.41) is 3.33. The third kappa shape index (κ3) is 5.20. The number of aromatic nitrogens is 2. The molecule has 0 spiro atoms. The minimum atomic E-state index is -0.224. The van der Waals surface area contributed by atoms with E-state index in [9.17, 15) is 9.59 Å². The summed E-state index contributed by atoms with van der Waals surface area (Å²) in [6, 6.07) is 26.0. The van der Waals surface area contributed by atoms with E-state index >= 15 is 0 Å². The van der Waals surface area contributed by atoms with Crippen LogP contribution in [-0.4, -0.2) is 72.4 Å². The first-order chi connectivity index (χ1) is 19.6. The molecule has 1 aromatic heterocycles. The first-order valence-electron chi connectivity index (χ1n) is 14.0. The zero-order valence-corrected chi connectivity index (χ0v) is 22.9. The zero-order valence-electron chi connectivity index (χ0n) is 22.9. The molecule has 8 nitrogen and oxygen atoms in total. The van der Waals surface area contributed by atoms with Gasteiger partial charge >= 0.3 is 5.69 Å². The van der Waals surface area contributed by atoms with E-state index < -0.39 is 0 Å². The summed E-state index contributed by atoms with van der Waals surface area (Å²) in [5.41, 5.74) is 5.53. The maximum Gasteiger partial charge on any atom is 0.334 e. The number of nitrogens with zero attached hydrogens (tertiary/aromatic N) is 4. The van der Waals surface area contributed by atoms with Crippen LogP contribution in [0.3, 0.4) is 0 Å². The highest BCUT2D eigenvalue weighted by Gasteiger charge is 2.31. The lowest BCUT2D eigenvalue weighted by Gasteiger charge is -2.29. The van der Waals surface area contributed by atoms with Crippen LogP contribution in [0.25, 0.3) is 16.9 Å². The average Bonchev–Trinajstić information content (AvgIpc) is 3.29. The van der Waals surface area contributed by atoms with E-state index in [1.807, 2.05) is 72.5 Å². The number of piperazine rings is 1. The Bertz CT molecular complexity index is 1550. The van der Waals surface area contributed by atoms with Crippen LogP contribution >= 0.6 is 0 Å². The number of hydrogen-bond acceptors (Lipinski definition) is 5. The van der Waals surface area contributed by atoms with Gasteiger partial charge in [0.05, 0.1) is 31.1 Å². The summed E-state index contributed by atoms with van der Waals surface area (Å²) in [7, 11) is 0. The fourth-order valence-electron chi connectivity index (χ4n) is 5.67. The molecule has 1 N–H and O–H groups in total. The Morgan fingerprint density at radius 3 is 2.33 bits per heavy atom. The predicted octanol–water partition coefficient (Wildman–Crippen LogP) is 3.54. The smallest absolute Gasteiger partial charge is 0.334 e. The molecule has 0 aliphatic carbocycles. The molecule has 6 rings (SSSR count). The second-order valence-corrected chi connectivity index (χ2v) is 10.4.